The van der Waals surface area contributed by atoms with E-state index in [2.05, 4.69) is 9.88 Å². The summed E-state index contributed by atoms with van der Waals surface area (Å²) in [5, 5.41) is 3.12. The van der Waals surface area contributed by atoms with E-state index in [4.69, 9.17) is 14.2 Å². The minimum Gasteiger partial charge on any atom is -0.451 e. The van der Waals surface area contributed by atoms with Gasteiger partial charge < -0.3 is 29.0 Å². The number of carbonyl (C=O) groups excluding carboxylic acids is 2. The van der Waals surface area contributed by atoms with Crippen molar-refractivity contribution in [2.75, 3.05) is 13.1 Å². The summed E-state index contributed by atoms with van der Waals surface area (Å²) in [5.41, 5.74) is 2.31. The van der Waals surface area contributed by atoms with Crippen LogP contribution in [-0.4, -0.2) is 45.7 Å². The van der Waals surface area contributed by atoms with Crippen molar-refractivity contribution in [3.05, 3.63) is 107 Å². The lowest BCUT2D eigenvalue weighted by Crippen LogP contribution is -2.43. The molecule has 1 N–H and O–H groups in total. The fourth-order valence-electron chi connectivity index (χ4n) is 5.83. The number of nitrogens with one attached hydrogen (secondary N) is 1. The van der Waals surface area contributed by atoms with Gasteiger partial charge in [-0.2, -0.15) is 0 Å². The lowest BCUT2D eigenvalue weighted by Gasteiger charge is -2.35. The number of carbonyl (C=O) groups is 2. The maximum Gasteiger partial charge on any atom is 0.410 e. The van der Waals surface area contributed by atoms with E-state index in [1.54, 1.807) is 29.2 Å². The van der Waals surface area contributed by atoms with Crippen LogP contribution < -0.4 is 10.1 Å². The van der Waals surface area contributed by atoms with Crippen molar-refractivity contribution >= 4 is 12.0 Å². The van der Waals surface area contributed by atoms with Gasteiger partial charge in [-0.1, -0.05) is 48.5 Å². The van der Waals surface area contributed by atoms with Crippen molar-refractivity contribution in [2.24, 2.45) is 0 Å². The standard InChI is InChI=1S/C39H45F2N3O5/c1-38(2,3)42-36(45)34-30(27-17-19-29(20-18-27)48-35-31(40)15-10-16-32(35)41)23-44(33(34)25-47-24-26-12-8-7-9-13-26)28-14-11-21-43(22-28)37(46)49-39(4,5)6/h7-10,12-13,15-20,23,28H,11,14,21-22,24-25H2,1-6H3,(H,42,45)/t28-/m1/s1. The van der Waals surface area contributed by atoms with Crippen molar-refractivity contribution in [2.45, 2.75) is 84.8 Å². The van der Waals surface area contributed by atoms with Gasteiger partial charge in [0, 0.05) is 30.4 Å². The van der Waals surface area contributed by atoms with Gasteiger partial charge in [0.25, 0.3) is 5.91 Å². The molecular weight excluding hydrogens is 628 g/mol. The highest BCUT2D eigenvalue weighted by Crippen LogP contribution is 2.36. The number of nitrogens with zero attached hydrogens (tertiary/aromatic N) is 2. The zero-order valence-electron chi connectivity index (χ0n) is 29.0. The normalized spacial score (nSPS) is 15.2. The molecule has 4 aromatic rings. The van der Waals surface area contributed by atoms with Crippen molar-refractivity contribution in [3.63, 3.8) is 0 Å². The van der Waals surface area contributed by atoms with Crippen LogP contribution in [0.1, 0.15) is 82.0 Å². The molecule has 1 aliphatic rings. The smallest absolute Gasteiger partial charge is 0.410 e. The minimum atomic E-state index is -0.810. The molecule has 2 amide bonds. The largest absolute Gasteiger partial charge is 0.451 e. The molecule has 0 unspecified atom stereocenters. The number of benzene rings is 3. The molecule has 1 fully saturated rings. The van der Waals surface area contributed by atoms with E-state index in [1.165, 1.54) is 6.07 Å². The molecule has 1 saturated heterocycles. The van der Waals surface area contributed by atoms with Gasteiger partial charge in [-0.15, -0.1) is 0 Å². The molecule has 0 radical (unpaired) electrons. The van der Waals surface area contributed by atoms with Gasteiger partial charge in [-0.05, 0) is 89.8 Å². The van der Waals surface area contributed by atoms with Gasteiger partial charge in [0.15, 0.2) is 17.4 Å². The fraction of sp³-hybridized carbons (Fsp3) is 0.385. The number of rotatable bonds is 9. The van der Waals surface area contributed by atoms with Crippen LogP contribution in [-0.2, 0) is 22.7 Å². The second-order valence-corrected chi connectivity index (χ2v) is 14.4. The van der Waals surface area contributed by atoms with Crippen LogP contribution >= 0.6 is 0 Å². The first kappa shape index (κ1) is 35.6. The number of likely N-dealkylation sites (tertiary alicyclic amines) is 1. The Bertz CT molecular complexity index is 1740. The number of halogens is 2. The van der Waals surface area contributed by atoms with Gasteiger partial charge in [-0.25, -0.2) is 13.6 Å². The molecule has 1 aliphatic heterocycles. The minimum absolute atomic E-state index is 0.137. The van der Waals surface area contributed by atoms with E-state index >= 15 is 0 Å². The van der Waals surface area contributed by atoms with Crippen molar-refractivity contribution < 1.29 is 32.6 Å². The van der Waals surface area contributed by atoms with E-state index in [0.717, 1.165) is 30.5 Å². The first-order valence-corrected chi connectivity index (χ1v) is 16.6. The summed E-state index contributed by atoms with van der Waals surface area (Å²) >= 11 is 0. The summed E-state index contributed by atoms with van der Waals surface area (Å²) in [6.07, 6.45) is 3.10. The Morgan fingerprint density at radius 3 is 2.18 bits per heavy atom. The third kappa shape index (κ3) is 9.26. The second-order valence-electron chi connectivity index (χ2n) is 14.4. The Hall–Kier alpha value is -4.70. The highest BCUT2D eigenvalue weighted by Gasteiger charge is 2.33. The number of amides is 2. The molecular formula is C39H45F2N3O5. The maximum atomic E-state index is 14.3. The Balaban J connectivity index is 1.55. The second kappa shape index (κ2) is 14.8. The number of para-hydroxylation sites is 1. The number of ether oxygens (including phenoxy) is 3. The summed E-state index contributed by atoms with van der Waals surface area (Å²) in [5.74, 6) is -2.14. The van der Waals surface area contributed by atoms with Crippen molar-refractivity contribution in [3.8, 4) is 22.6 Å². The summed E-state index contributed by atoms with van der Waals surface area (Å²) in [6.45, 7) is 12.7. The average Bonchev–Trinajstić information content (AvgIpc) is 3.42. The molecule has 3 aromatic carbocycles. The predicted octanol–water partition coefficient (Wildman–Crippen LogP) is 9.04. The Kier molecular flexibility index (Phi) is 10.8. The van der Waals surface area contributed by atoms with E-state index < -0.39 is 28.5 Å². The number of hydrogen-bond donors (Lipinski definition) is 1. The van der Waals surface area contributed by atoms with E-state index in [1.807, 2.05) is 78.1 Å². The third-order valence-electron chi connectivity index (χ3n) is 7.95. The molecule has 0 saturated carbocycles. The van der Waals surface area contributed by atoms with Crippen molar-refractivity contribution in [1.29, 1.82) is 0 Å². The first-order chi connectivity index (χ1) is 23.2. The van der Waals surface area contributed by atoms with Gasteiger partial charge >= 0.3 is 6.09 Å². The highest BCUT2D eigenvalue weighted by atomic mass is 19.1. The molecule has 0 spiro atoms. The van der Waals surface area contributed by atoms with E-state index in [-0.39, 0.29) is 30.4 Å². The molecule has 0 bridgehead atoms. The van der Waals surface area contributed by atoms with E-state index in [9.17, 15) is 18.4 Å². The van der Waals surface area contributed by atoms with Crippen LogP contribution in [0.15, 0.2) is 79.0 Å². The zero-order chi connectivity index (χ0) is 35.3. The molecule has 49 heavy (non-hydrogen) atoms. The lowest BCUT2D eigenvalue weighted by molar-refractivity contribution is 0.0167. The maximum absolute atomic E-state index is 14.3. The Labute approximate surface area is 287 Å². The quantitative estimate of drug-likeness (QED) is 0.192. The monoisotopic (exact) mass is 673 g/mol. The topological polar surface area (TPSA) is 82.0 Å². The first-order valence-electron chi connectivity index (χ1n) is 16.6. The van der Waals surface area contributed by atoms with Crippen molar-refractivity contribution in [1.82, 2.24) is 14.8 Å². The predicted molar refractivity (Wildman–Crippen MR) is 185 cm³/mol. The summed E-state index contributed by atoms with van der Waals surface area (Å²) in [7, 11) is 0. The molecule has 0 aliphatic carbocycles. The lowest BCUT2D eigenvalue weighted by atomic mass is 10.0. The molecule has 5 rings (SSSR count). The van der Waals surface area contributed by atoms with Gasteiger partial charge in [0.05, 0.1) is 30.5 Å². The number of hydrogen-bond acceptors (Lipinski definition) is 5. The molecule has 8 nitrogen and oxygen atoms in total. The molecule has 10 heteroatoms. The summed E-state index contributed by atoms with van der Waals surface area (Å²) in [4.78, 5) is 29.0. The van der Waals surface area contributed by atoms with E-state index in [0.29, 0.717) is 42.1 Å². The average molecular weight is 674 g/mol. The third-order valence-corrected chi connectivity index (χ3v) is 7.95. The molecule has 1 atom stereocenters. The highest BCUT2D eigenvalue weighted by molar-refractivity contribution is 6.02. The number of aromatic nitrogens is 1. The Morgan fingerprint density at radius 2 is 1.55 bits per heavy atom. The molecule has 2 heterocycles. The SMILES string of the molecule is CC(C)(C)NC(=O)c1c(-c2ccc(Oc3c(F)cccc3F)cc2)cn([C@@H]2CCCN(C(=O)OC(C)(C)C)C2)c1COCc1ccccc1. The summed E-state index contributed by atoms with van der Waals surface area (Å²) < 4.78 is 48.2. The Morgan fingerprint density at radius 1 is 0.878 bits per heavy atom. The van der Waals surface area contributed by atoms with Gasteiger partial charge in [0.1, 0.15) is 11.4 Å². The van der Waals surface area contributed by atoms with Crippen LogP contribution in [0.2, 0.25) is 0 Å². The van der Waals surface area contributed by atoms with Crippen LogP contribution in [0.25, 0.3) is 11.1 Å². The summed E-state index contributed by atoms with van der Waals surface area (Å²) in [6, 6.07) is 19.9. The van der Waals surface area contributed by atoms with Crippen LogP contribution in [0.4, 0.5) is 13.6 Å². The van der Waals surface area contributed by atoms with Gasteiger partial charge in [-0.3, -0.25) is 4.79 Å². The van der Waals surface area contributed by atoms with Crippen LogP contribution in [0.5, 0.6) is 11.5 Å². The molecule has 260 valence electrons. The van der Waals surface area contributed by atoms with Crippen LogP contribution in [0, 0.1) is 11.6 Å². The molecule has 1 aromatic heterocycles. The fourth-order valence-corrected chi connectivity index (χ4v) is 5.83. The van der Waals surface area contributed by atoms with Gasteiger partial charge in [0.2, 0.25) is 0 Å². The van der Waals surface area contributed by atoms with Crippen LogP contribution in [0.3, 0.4) is 0 Å². The zero-order valence-corrected chi connectivity index (χ0v) is 29.0. The number of piperidine rings is 1.